The maximum Gasteiger partial charge on any atom is 0.130 e. The van der Waals surface area contributed by atoms with Crippen molar-refractivity contribution in [2.24, 2.45) is 0 Å². The smallest absolute Gasteiger partial charge is 0.130 e. The number of aromatic nitrogens is 3. The Labute approximate surface area is 183 Å². The molecule has 0 saturated heterocycles. The highest BCUT2D eigenvalue weighted by molar-refractivity contribution is 7.16. The van der Waals surface area contributed by atoms with Crippen LogP contribution in [0.5, 0.6) is 0 Å². The summed E-state index contributed by atoms with van der Waals surface area (Å²) < 4.78 is 1.16. The number of hydrogen-bond donors (Lipinski definition) is 1. The summed E-state index contributed by atoms with van der Waals surface area (Å²) in [7, 11) is 0. The van der Waals surface area contributed by atoms with Gasteiger partial charge in [-0.25, -0.2) is 15.0 Å². The van der Waals surface area contributed by atoms with Gasteiger partial charge in [-0.2, -0.15) is 11.3 Å². The maximum atomic E-state index is 4.66. The Morgan fingerprint density at radius 3 is 2.73 bits per heavy atom. The van der Waals surface area contributed by atoms with Crippen molar-refractivity contribution in [3.63, 3.8) is 0 Å². The van der Waals surface area contributed by atoms with Gasteiger partial charge in [0.15, 0.2) is 0 Å². The van der Waals surface area contributed by atoms with Crippen LogP contribution in [-0.4, -0.2) is 15.0 Å². The van der Waals surface area contributed by atoms with Gasteiger partial charge in [-0.1, -0.05) is 24.3 Å². The minimum Gasteiger partial charge on any atom is -0.363 e. The number of rotatable bonds is 5. The molecule has 1 N–H and O–H groups in total. The van der Waals surface area contributed by atoms with Gasteiger partial charge in [0.25, 0.3) is 0 Å². The summed E-state index contributed by atoms with van der Waals surface area (Å²) in [6, 6.07) is 19.2. The standard InChI is InChI=1S/C24H20N4S2/c1-15(17-4-3-5-18(10-17)20-8-9-29-13-20)26-24-12-22(27-16(2)28-24)19-6-7-21-23(11-19)30-14-25-21/h3-15H,1-2H3,(H,26,27,28). The van der Waals surface area contributed by atoms with Crippen LogP contribution in [0.25, 0.3) is 32.6 Å². The summed E-state index contributed by atoms with van der Waals surface area (Å²) in [5.74, 6) is 1.58. The summed E-state index contributed by atoms with van der Waals surface area (Å²) >= 11 is 3.36. The largest absolute Gasteiger partial charge is 0.363 e. The lowest BCUT2D eigenvalue weighted by Crippen LogP contribution is -2.09. The third-order valence-electron chi connectivity index (χ3n) is 5.07. The summed E-state index contributed by atoms with van der Waals surface area (Å²) in [5.41, 5.74) is 8.60. The molecule has 5 rings (SSSR count). The molecule has 3 heterocycles. The molecule has 0 bridgehead atoms. The fourth-order valence-corrected chi connectivity index (χ4v) is 4.91. The van der Waals surface area contributed by atoms with Crippen molar-refractivity contribution in [2.45, 2.75) is 19.9 Å². The Bertz CT molecular complexity index is 1310. The molecule has 1 unspecified atom stereocenters. The molecule has 0 aliphatic carbocycles. The quantitative estimate of drug-likeness (QED) is 0.329. The van der Waals surface area contributed by atoms with E-state index in [9.17, 15) is 0 Å². The molecule has 0 aliphatic heterocycles. The Hall–Kier alpha value is -3.09. The summed E-state index contributed by atoms with van der Waals surface area (Å²) in [5, 5.41) is 7.84. The highest BCUT2D eigenvalue weighted by Crippen LogP contribution is 2.29. The Morgan fingerprint density at radius 1 is 0.933 bits per heavy atom. The van der Waals surface area contributed by atoms with E-state index in [4.69, 9.17) is 0 Å². The summed E-state index contributed by atoms with van der Waals surface area (Å²) in [4.78, 5) is 13.6. The number of nitrogens with zero attached hydrogens (tertiary/aromatic N) is 3. The monoisotopic (exact) mass is 428 g/mol. The van der Waals surface area contributed by atoms with Gasteiger partial charge in [-0.05, 0) is 65.6 Å². The first-order valence-electron chi connectivity index (χ1n) is 9.74. The van der Waals surface area contributed by atoms with E-state index in [1.54, 1.807) is 22.7 Å². The van der Waals surface area contributed by atoms with E-state index in [-0.39, 0.29) is 6.04 Å². The highest BCUT2D eigenvalue weighted by Gasteiger charge is 2.11. The molecule has 5 aromatic rings. The van der Waals surface area contributed by atoms with Crippen molar-refractivity contribution < 1.29 is 0 Å². The number of benzene rings is 2. The van der Waals surface area contributed by atoms with Crippen molar-refractivity contribution in [3.05, 3.63) is 82.3 Å². The summed E-state index contributed by atoms with van der Waals surface area (Å²) in [6.45, 7) is 4.09. The number of anilines is 1. The molecule has 2 aromatic carbocycles. The zero-order chi connectivity index (χ0) is 20.5. The van der Waals surface area contributed by atoms with Gasteiger partial charge in [-0.15, -0.1) is 11.3 Å². The van der Waals surface area contributed by atoms with Crippen molar-refractivity contribution in [1.82, 2.24) is 15.0 Å². The second kappa shape index (κ2) is 7.97. The molecule has 3 aromatic heterocycles. The van der Waals surface area contributed by atoms with Crippen molar-refractivity contribution in [3.8, 4) is 22.4 Å². The lowest BCUT2D eigenvalue weighted by Gasteiger charge is -2.17. The predicted molar refractivity (Wildman–Crippen MR) is 127 cm³/mol. The van der Waals surface area contributed by atoms with Crippen molar-refractivity contribution >= 4 is 38.7 Å². The predicted octanol–water partition coefficient (Wildman–Crippen LogP) is 6.96. The molecule has 0 amide bonds. The van der Waals surface area contributed by atoms with E-state index in [0.29, 0.717) is 0 Å². The zero-order valence-electron chi connectivity index (χ0n) is 16.7. The average Bonchev–Trinajstić information content (AvgIpc) is 3.45. The van der Waals surface area contributed by atoms with Crippen LogP contribution >= 0.6 is 22.7 Å². The summed E-state index contributed by atoms with van der Waals surface area (Å²) in [6.07, 6.45) is 0. The van der Waals surface area contributed by atoms with E-state index in [2.05, 4.69) is 80.4 Å². The third-order valence-corrected chi connectivity index (χ3v) is 6.55. The Morgan fingerprint density at radius 2 is 1.87 bits per heavy atom. The molecular weight excluding hydrogens is 408 g/mol. The van der Waals surface area contributed by atoms with Crippen LogP contribution < -0.4 is 5.32 Å². The van der Waals surface area contributed by atoms with Gasteiger partial charge in [-0.3, -0.25) is 0 Å². The Kier molecular flexibility index (Phi) is 5.02. The fraction of sp³-hybridized carbons (Fsp3) is 0.125. The molecule has 4 nitrogen and oxygen atoms in total. The third kappa shape index (κ3) is 3.84. The van der Waals surface area contributed by atoms with E-state index < -0.39 is 0 Å². The van der Waals surface area contributed by atoms with Crippen LogP contribution in [0.2, 0.25) is 0 Å². The molecule has 0 aliphatic rings. The molecule has 0 saturated carbocycles. The second-order valence-corrected chi connectivity index (χ2v) is 8.89. The molecule has 0 spiro atoms. The van der Waals surface area contributed by atoms with Crippen LogP contribution in [-0.2, 0) is 0 Å². The molecular formula is C24H20N4S2. The van der Waals surface area contributed by atoms with Crippen LogP contribution in [0.1, 0.15) is 24.4 Å². The molecule has 0 radical (unpaired) electrons. The van der Waals surface area contributed by atoms with Gasteiger partial charge in [0.1, 0.15) is 11.6 Å². The van der Waals surface area contributed by atoms with Gasteiger partial charge in [0.2, 0.25) is 0 Å². The first-order valence-corrected chi connectivity index (χ1v) is 11.6. The minimum atomic E-state index is 0.120. The molecule has 148 valence electrons. The Balaban J connectivity index is 1.43. The molecule has 30 heavy (non-hydrogen) atoms. The van der Waals surface area contributed by atoms with E-state index in [1.165, 1.54) is 16.7 Å². The van der Waals surface area contributed by atoms with Crippen LogP contribution in [0, 0.1) is 6.92 Å². The number of nitrogens with one attached hydrogen (secondary N) is 1. The maximum absolute atomic E-state index is 4.66. The van der Waals surface area contributed by atoms with Gasteiger partial charge < -0.3 is 5.32 Å². The number of hydrogen-bond acceptors (Lipinski definition) is 6. The topological polar surface area (TPSA) is 50.7 Å². The number of thiazole rings is 1. The lowest BCUT2D eigenvalue weighted by molar-refractivity contribution is 0.868. The van der Waals surface area contributed by atoms with E-state index >= 15 is 0 Å². The second-order valence-electron chi connectivity index (χ2n) is 7.22. The lowest BCUT2D eigenvalue weighted by atomic mass is 10.0. The van der Waals surface area contributed by atoms with E-state index in [0.717, 1.165) is 33.1 Å². The number of thiophene rings is 1. The fourth-order valence-electron chi connectivity index (χ4n) is 3.53. The zero-order valence-corrected chi connectivity index (χ0v) is 18.3. The van der Waals surface area contributed by atoms with Gasteiger partial charge in [0.05, 0.1) is 21.4 Å². The van der Waals surface area contributed by atoms with Crippen molar-refractivity contribution in [2.75, 3.05) is 5.32 Å². The van der Waals surface area contributed by atoms with E-state index in [1.807, 2.05) is 24.6 Å². The normalized spacial score (nSPS) is 12.2. The van der Waals surface area contributed by atoms with Crippen LogP contribution in [0.4, 0.5) is 5.82 Å². The molecule has 1 atom stereocenters. The average molecular weight is 429 g/mol. The van der Waals surface area contributed by atoms with Crippen LogP contribution in [0.15, 0.2) is 70.9 Å². The molecule has 0 fully saturated rings. The highest BCUT2D eigenvalue weighted by atomic mass is 32.1. The van der Waals surface area contributed by atoms with Crippen LogP contribution in [0.3, 0.4) is 0 Å². The minimum absolute atomic E-state index is 0.120. The first kappa shape index (κ1) is 18.9. The first-order chi connectivity index (χ1) is 14.7. The molecule has 6 heteroatoms. The number of aryl methyl sites for hydroxylation is 1. The number of fused-ring (bicyclic) bond motifs is 1. The van der Waals surface area contributed by atoms with Gasteiger partial charge in [0, 0.05) is 17.7 Å². The van der Waals surface area contributed by atoms with Crippen molar-refractivity contribution in [1.29, 1.82) is 0 Å². The SMILES string of the molecule is Cc1nc(NC(C)c2cccc(-c3ccsc3)c2)cc(-c2ccc3ncsc3c2)n1. The van der Waals surface area contributed by atoms with Gasteiger partial charge >= 0.3 is 0 Å².